The zero-order valence-corrected chi connectivity index (χ0v) is 9.02. The number of halogens is 4. The molecular weight excluding hydrogens is 270 g/mol. The van der Waals surface area contributed by atoms with Crippen LogP contribution in [0.2, 0.25) is 0 Å². The summed E-state index contributed by atoms with van der Waals surface area (Å²) in [5.41, 5.74) is -1.93. The van der Waals surface area contributed by atoms with E-state index in [1.165, 1.54) is 0 Å². The Morgan fingerprint density at radius 1 is 1.32 bits per heavy atom. The van der Waals surface area contributed by atoms with Crippen LogP contribution in [0.3, 0.4) is 0 Å². The van der Waals surface area contributed by atoms with Gasteiger partial charge in [-0.1, -0.05) is 0 Å². The molecule has 0 saturated heterocycles. The van der Waals surface area contributed by atoms with Gasteiger partial charge in [0.1, 0.15) is 5.82 Å². The van der Waals surface area contributed by atoms with Crippen molar-refractivity contribution >= 4 is 5.97 Å². The van der Waals surface area contributed by atoms with Gasteiger partial charge in [0.15, 0.2) is 5.69 Å². The average Bonchev–Trinajstić information content (AvgIpc) is 2.76. The van der Waals surface area contributed by atoms with Gasteiger partial charge >= 0.3 is 12.1 Å². The first-order valence-corrected chi connectivity index (χ1v) is 4.82. The molecule has 0 atom stereocenters. The molecule has 0 bridgehead atoms. The predicted molar refractivity (Wildman–Crippen MR) is 53.3 cm³/mol. The molecule has 9 heteroatoms. The van der Waals surface area contributed by atoms with Gasteiger partial charge < -0.3 is 5.11 Å². The molecular formula is C10H5F4N3O2. The van der Waals surface area contributed by atoms with Crippen molar-refractivity contribution in [2.45, 2.75) is 6.18 Å². The number of carbonyl (C=O) groups is 1. The first-order valence-electron chi connectivity index (χ1n) is 4.82. The number of rotatable bonds is 2. The SMILES string of the molecule is O=C(O)c1cnn(-c2ccc(C(F)(F)F)c(F)c2)n1. The summed E-state index contributed by atoms with van der Waals surface area (Å²) in [6, 6.07) is 2.06. The van der Waals surface area contributed by atoms with E-state index in [0.717, 1.165) is 17.1 Å². The van der Waals surface area contributed by atoms with E-state index in [-0.39, 0.29) is 5.69 Å². The Balaban J connectivity index is 2.41. The molecule has 2 aromatic rings. The number of alkyl halides is 3. The number of benzene rings is 1. The van der Waals surface area contributed by atoms with Crippen LogP contribution in [0.5, 0.6) is 0 Å². The van der Waals surface area contributed by atoms with Crippen LogP contribution in [0.25, 0.3) is 5.69 Å². The fourth-order valence-corrected chi connectivity index (χ4v) is 1.34. The number of aromatic nitrogens is 3. The molecule has 1 N–H and O–H groups in total. The van der Waals surface area contributed by atoms with Crippen LogP contribution in [0.15, 0.2) is 24.4 Å². The average molecular weight is 275 g/mol. The van der Waals surface area contributed by atoms with Gasteiger partial charge in [0.05, 0.1) is 17.4 Å². The van der Waals surface area contributed by atoms with Crippen LogP contribution in [0.1, 0.15) is 16.1 Å². The highest BCUT2D eigenvalue weighted by atomic mass is 19.4. The van der Waals surface area contributed by atoms with Crippen LogP contribution in [0, 0.1) is 5.82 Å². The van der Waals surface area contributed by atoms with Crippen molar-refractivity contribution in [3.05, 3.63) is 41.5 Å². The summed E-state index contributed by atoms with van der Waals surface area (Å²) in [7, 11) is 0. The van der Waals surface area contributed by atoms with E-state index in [4.69, 9.17) is 5.11 Å². The Kier molecular flexibility index (Phi) is 2.97. The topological polar surface area (TPSA) is 68.0 Å². The molecule has 0 aliphatic heterocycles. The van der Waals surface area contributed by atoms with Crippen molar-refractivity contribution in [1.82, 2.24) is 15.0 Å². The molecule has 0 spiro atoms. The Bertz CT molecular complexity index is 636. The summed E-state index contributed by atoms with van der Waals surface area (Å²) < 4.78 is 50.3. The second-order valence-corrected chi connectivity index (χ2v) is 3.49. The molecule has 1 aromatic heterocycles. The highest BCUT2D eigenvalue weighted by Gasteiger charge is 2.34. The molecule has 100 valence electrons. The highest BCUT2D eigenvalue weighted by Crippen LogP contribution is 2.31. The van der Waals surface area contributed by atoms with Crippen LogP contribution in [0.4, 0.5) is 17.6 Å². The summed E-state index contributed by atoms with van der Waals surface area (Å²) in [4.78, 5) is 11.3. The van der Waals surface area contributed by atoms with Crippen molar-refractivity contribution < 1.29 is 27.5 Å². The van der Waals surface area contributed by atoms with Crippen LogP contribution in [-0.2, 0) is 6.18 Å². The lowest BCUT2D eigenvalue weighted by atomic mass is 10.2. The minimum atomic E-state index is -4.80. The summed E-state index contributed by atoms with van der Waals surface area (Å²) in [6.45, 7) is 0. The third kappa shape index (κ3) is 2.54. The van der Waals surface area contributed by atoms with E-state index < -0.39 is 29.2 Å². The van der Waals surface area contributed by atoms with E-state index in [2.05, 4.69) is 10.2 Å². The van der Waals surface area contributed by atoms with Gasteiger partial charge in [0, 0.05) is 6.07 Å². The minimum Gasteiger partial charge on any atom is -0.476 e. The fourth-order valence-electron chi connectivity index (χ4n) is 1.34. The van der Waals surface area contributed by atoms with Crippen LogP contribution in [-0.4, -0.2) is 26.1 Å². The molecule has 1 heterocycles. The molecule has 0 unspecified atom stereocenters. The van der Waals surface area contributed by atoms with Crippen LogP contribution >= 0.6 is 0 Å². The monoisotopic (exact) mass is 275 g/mol. The number of nitrogens with zero attached hydrogens (tertiary/aromatic N) is 3. The lowest BCUT2D eigenvalue weighted by Gasteiger charge is -2.08. The Labute approximate surface area is 103 Å². The molecule has 0 aliphatic carbocycles. The number of carboxylic acids is 1. The molecule has 19 heavy (non-hydrogen) atoms. The van der Waals surface area contributed by atoms with E-state index in [9.17, 15) is 22.4 Å². The molecule has 0 amide bonds. The normalized spacial score (nSPS) is 11.6. The largest absolute Gasteiger partial charge is 0.476 e. The molecule has 0 saturated carbocycles. The van der Waals surface area contributed by atoms with Gasteiger partial charge in [-0.05, 0) is 12.1 Å². The van der Waals surface area contributed by atoms with Gasteiger partial charge in [-0.15, -0.1) is 5.10 Å². The first-order chi connectivity index (χ1) is 8.79. The number of aromatic carboxylic acids is 1. The highest BCUT2D eigenvalue weighted by molar-refractivity contribution is 5.84. The second-order valence-electron chi connectivity index (χ2n) is 3.49. The first kappa shape index (κ1) is 13.0. The zero-order chi connectivity index (χ0) is 14.2. The number of hydrogen-bond donors (Lipinski definition) is 1. The van der Waals surface area contributed by atoms with E-state index in [1.54, 1.807) is 0 Å². The standard InChI is InChI=1S/C10H5F4N3O2/c11-7-3-5(1-2-6(7)10(12,13)14)17-15-4-8(16-17)9(18)19/h1-4H,(H,18,19). The van der Waals surface area contributed by atoms with Gasteiger partial charge in [0.2, 0.25) is 0 Å². The van der Waals surface area contributed by atoms with E-state index in [1.807, 2.05) is 0 Å². The summed E-state index contributed by atoms with van der Waals surface area (Å²) in [5.74, 6) is -2.84. The molecule has 1 aromatic carbocycles. The lowest BCUT2D eigenvalue weighted by Crippen LogP contribution is -2.09. The van der Waals surface area contributed by atoms with Gasteiger partial charge in [0.25, 0.3) is 0 Å². The van der Waals surface area contributed by atoms with Crippen molar-refractivity contribution in [2.75, 3.05) is 0 Å². The summed E-state index contributed by atoms with van der Waals surface area (Å²) in [5, 5.41) is 15.6. The maximum Gasteiger partial charge on any atom is 0.419 e. The van der Waals surface area contributed by atoms with E-state index >= 15 is 0 Å². The van der Waals surface area contributed by atoms with Gasteiger partial charge in [-0.25, -0.2) is 9.18 Å². The van der Waals surface area contributed by atoms with Gasteiger partial charge in [-0.2, -0.15) is 23.1 Å². The molecule has 2 rings (SSSR count). The molecule has 5 nitrogen and oxygen atoms in total. The Morgan fingerprint density at radius 2 is 2.00 bits per heavy atom. The molecule has 0 radical (unpaired) electrons. The predicted octanol–water partition coefficient (Wildman–Crippen LogP) is 2.12. The van der Waals surface area contributed by atoms with Crippen molar-refractivity contribution in [1.29, 1.82) is 0 Å². The zero-order valence-electron chi connectivity index (χ0n) is 9.02. The lowest BCUT2D eigenvalue weighted by molar-refractivity contribution is -0.140. The maximum absolute atomic E-state index is 13.3. The fraction of sp³-hybridized carbons (Fsp3) is 0.100. The molecule has 0 fully saturated rings. The third-order valence-electron chi connectivity index (χ3n) is 2.20. The quantitative estimate of drug-likeness (QED) is 0.852. The van der Waals surface area contributed by atoms with Crippen molar-refractivity contribution in [3.63, 3.8) is 0 Å². The summed E-state index contributed by atoms with van der Waals surface area (Å²) >= 11 is 0. The smallest absolute Gasteiger partial charge is 0.419 e. The third-order valence-corrected chi connectivity index (χ3v) is 2.20. The Hall–Kier alpha value is -2.45. The van der Waals surface area contributed by atoms with E-state index in [0.29, 0.717) is 12.1 Å². The van der Waals surface area contributed by atoms with Crippen LogP contribution < -0.4 is 0 Å². The second kappa shape index (κ2) is 4.34. The van der Waals surface area contributed by atoms with Crippen molar-refractivity contribution in [2.24, 2.45) is 0 Å². The number of hydrogen-bond acceptors (Lipinski definition) is 3. The minimum absolute atomic E-state index is 0.113. The maximum atomic E-state index is 13.3. The van der Waals surface area contributed by atoms with Crippen molar-refractivity contribution in [3.8, 4) is 5.69 Å². The summed E-state index contributed by atoms with van der Waals surface area (Å²) in [6.07, 6.45) is -3.90. The number of carboxylic acid groups (broad SMARTS) is 1. The molecule has 0 aliphatic rings. The Morgan fingerprint density at radius 3 is 2.47 bits per heavy atom. The van der Waals surface area contributed by atoms with Gasteiger partial charge in [-0.3, -0.25) is 0 Å².